The maximum Gasteiger partial charge on any atom is 0.138 e. The maximum absolute atomic E-state index is 9.43. The van der Waals surface area contributed by atoms with Gasteiger partial charge in [0.1, 0.15) is 12.5 Å². The molecule has 1 aliphatic heterocycles. The Balaban J connectivity index is 2.39. The van der Waals surface area contributed by atoms with Crippen LogP contribution in [-0.4, -0.2) is 24.2 Å². The highest BCUT2D eigenvalue weighted by Crippen LogP contribution is 2.18. The van der Waals surface area contributed by atoms with E-state index in [1.807, 2.05) is 12.1 Å². The minimum absolute atomic E-state index is 0.266. The quantitative estimate of drug-likeness (QED) is 0.675. The fourth-order valence-electron chi connectivity index (χ4n) is 1.19. The SMILES string of the molecule is Oc1ccccc1C1=NCOC1. The van der Waals surface area contributed by atoms with Crippen molar-refractivity contribution in [2.75, 3.05) is 13.3 Å². The van der Waals surface area contributed by atoms with E-state index in [0.29, 0.717) is 13.3 Å². The van der Waals surface area contributed by atoms with Crippen molar-refractivity contribution in [2.45, 2.75) is 0 Å². The van der Waals surface area contributed by atoms with Crippen LogP contribution >= 0.6 is 0 Å². The van der Waals surface area contributed by atoms with Crippen LogP contribution in [0.4, 0.5) is 0 Å². The van der Waals surface area contributed by atoms with E-state index < -0.39 is 0 Å². The van der Waals surface area contributed by atoms with Gasteiger partial charge < -0.3 is 9.84 Å². The number of rotatable bonds is 1. The van der Waals surface area contributed by atoms with Crippen molar-refractivity contribution in [1.82, 2.24) is 0 Å². The summed E-state index contributed by atoms with van der Waals surface area (Å²) in [7, 11) is 0. The molecule has 3 nitrogen and oxygen atoms in total. The standard InChI is InChI=1S/C9H9NO2/c11-9-4-2-1-3-7(9)8-5-12-6-10-8/h1-4,11H,5-6H2. The summed E-state index contributed by atoms with van der Waals surface area (Å²) in [5.74, 6) is 0.266. The van der Waals surface area contributed by atoms with Crippen LogP contribution in [0.3, 0.4) is 0 Å². The predicted octanol–water partition coefficient (Wildman–Crippen LogP) is 1.17. The molecule has 0 amide bonds. The van der Waals surface area contributed by atoms with E-state index in [1.54, 1.807) is 12.1 Å². The van der Waals surface area contributed by atoms with E-state index in [0.717, 1.165) is 11.3 Å². The Hall–Kier alpha value is -1.35. The third-order valence-electron chi connectivity index (χ3n) is 1.80. The van der Waals surface area contributed by atoms with E-state index in [1.165, 1.54) is 0 Å². The average molecular weight is 163 g/mol. The summed E-state index contributed by atoms with van der Waals surface area (Å²) >= 11 is 0. The van der Waals surface area contributed by atoms with Crippen molar-refractivity contribution in [3.8, 4) is 5.75 Å². The number of nitrogens with zero attached hydrogens (tertiary/aromatic N) is 1. The summed E-state index contributed by atoms with van der Waals surface area (Å²) in [5.41, 5.74) is 1.60. The molecule has 0 saturated carbocycles. The number of benzene rings is 1. The lowest BCUT2D eigenvalue weighted by Gasteiger charge is -2.01. The first kappa shape index (κ1) is 7.31. The fourth-order valence-corrected chi connectivity index (χ4v) is 1.19. The highest BCUT2D eigenvalue weighted by Gasteiger charge is 2.11. The molecule has 62 valence electrons. The molecule has 0 spiro atoms. The number of phenolic OH excluding ortho intramolecular Hbond substituents is 1. The zero-order chi connectivity index (χ0) is 8.39. The highest BCUT2D eigenvalue weighted by atomic mass is 16.5. The molecular weight excluding hydrogens is 154 g/mol. The Kier molecular flexibility index (Phi) is 1.80. The van der Waals surface area contributed by atoms with Crippen LogP contribution in [0.1, 0.15) is 5.56 Å². The van der Waals surface area contributed by atoms with Crippen LogP contribution in [0.5, 0.6) is 5.75 Å². The molecule has 1 aliphatic rings. The summed E-state index contributed by atoms with van der Waals surface area (Å²) in [5, 5.41) is 9.43. The number of hydrogen-bond donors (Lipinski definition) is 1. The lowest BCUT2D eigenvalue weighted by Crippen LogP contribution is -2.02. The molecule has 0 radical (unpaired) electrons. The Morgan fingerprint density at radius 2 is 2.17 bits per heavy atom. The van der Waals surface area contributed by atoms with Gasteiger partial charge in [-0.15, -0.1) is 0 Å². The third-order valence-corrected chi connectivity index (χ3v) is 1.80. The minimum Gasteiger partial charge on any atom is -0.507 e. The van der Waals surface area contributed by atoms with Gasteiger partial charge in [0.2, 0.25) is 0 Å². The Morgan fingerprint density at radius 3 is 2.83 bits per heavy atom. The van der Waals surface area contributed by atoms with Crippen molar-refractivity contribution in [3.63, 3.8) is 0 Å². The molecule has 3 heteroatoms. The van der Waals surface area contributed by atoms with E-state index in [4.69, 9.17) is 4.74 Å². The predicted molar refractivity (Wildman–Crippen MR) is 45.5 cm³/mol. The Labute approximate surface area is 70.3 Å². The molecule has 1 aromatic carbocycles. The van der Waals surface area contributed by atoms with Gasteiger partial charge >= 0.3 is 0 Å². The number of ether oxygens (including phenoxy) is 1. The molecular formula is C9H9NO2. The van der Waals surface area contributed by atoms with Gasteiger partial charge in [0.05, 0.1) is 12.3 Å². The summed E-state index contributed by atoms with van der Waals surface area (Å²) in [4.78, 5) is 4.10. The molecule has 0 atom stereocenters. The van der Waals surface area contributed by atoms with E-state index >= 15 is 0 Å². The van der Waals surface area contributed by atoms with E-state index in [9.17, 15) is 5.11 Å². The van der Waals surface area contributed by atoms with Gasteiger partial charge in [0.25, 0.3) is 0 Å². The zero-order valence-electron chi connectivity index (χ0n) is 6.53. The van der Waals surface area contributed by atoms with E-state index in [-0.39, 0.29) is 5.75 Å². The van der Waals surface area contributed by atoms with Crippen molar-refractivity contribution < 1.29 is 9.84 Å². The van der Waals surface area contributed by atoms with Crippen LogP contribution in [0.2, 0.25) is 0 Å². The van der Waals surface area contributed by atoms with Crippen molar-refractivity contribution in [2.24, 2.45) is 4.99 Å². The van der Waals surface area contributed by atoms with Crippen molar-refractivity contribution in [1.29, 1.82) is 0 Å². The van der Waals surface area contributed by atoms with Gasteiger partial charge in [-0.1, -0.05) is 12.1 Å². The number of aromatic hydroxyl groups is 1. The molecule has 0 unspecified atom stereocenters. The second-order valence-electron chi connectivity index (χ2n) is 2.60. The molecule has 1 aromatic rings. The molecule has 1 heterocycles. The van der Waals surface area contributed by atoms with Gasteiger partial charge in [0.15, 0.2) is 0 Å². The fraction of sp³-hybridized carbons (Fsp3) is 0.222. The molecule has 2 rings (SSSR count). The van der Waals surface area contributed by atoms with Crippen LogP contribution in [0, 0.1) is 0 Å². The summed E-state index contributed by atoms with van der Waals surface area (Å²) in [6, 6.07) is 7.14. The molecule has 0 fully saturated rings. The van der Waals surface area contributed by atoms with Crippen LogP contribution in [0.15, 0.2) is 29.3 Å². The number of para-hydroxylation sites is 1. The second-order valence-corrected chi connectivity index (χ2v) is 2.60. The minimum atomic E-state index is 0.266. The van der Waals surface area contributed by atoms with Crippen LogP contribution in [-0.2, 0) is 4.74 Å². The molecule has 0 aromatic heterocycles. The first-order valence-electron chi connectivity index (χ1n) is 3.77. The lowest BCUT2D eigenvalue weighted by molar-refractivity contribution is 0.202. The third kappa shape index (κ3) is 1.19. The normalized spacial score (nSPS) is 16.2. The van der Waals surface area contributed by atoms with Crippen molar-refractivity contribution in [3.05, 3.63) is 29.8 Å². The van der Waals surface area contributed by atoms with E-state index in [2.05, 4.69) is 4.99 Å². The van der Waals surface area contributed by atoms with Gasteiger partial charge in [-0.25, -0.2) is 0 Å². The molecule has 0 aliphatic carbocycles. The van der Waals surface area contributed by atoms with Gasteiger partial charge in [-0.05, 0) is 12.1 Å². The Morgan fingerprint density at radius 1 is 1.33 bits per heavy atom. The molecule has 0 bridgehead atoms. The highest BCUT2D eigenvalue weighted by molar-refractivity contribution is 6.04. The molecule has 1 N–H and O–H groups in total. The average Bonchev–Trinajstić information content (AvgIpc) is 2.57. The Bertz CT molecular complexity index is 320. The van der Waals surface area contributed by atoms with Gasteiger partial charge in [0, 0.05) is 5.56 Å². The number of hydrogen-bond acceptors (Lipinski definition) is 3. The second kappa shape index (κ2) is 2.95. The summed E-state index contributed by atoms with van der Waals surface area (Å²) < 4.78 is 5.05. The van der Waals surface area contributed by atoms with Crippen LogP contribution < -0.4 is 0 Å². The monoisotopic (exact) mass is 163 g/mol. The smallest absolute Gasteiger partial charge is 0.138 e. The first-order chi connectivity index (χ1) is 5.88. The van der Waals surface area contributed by atoms with Gasteiger partial charge in [-0.3, -0.25) is 4.99 Å². The molecule has 0 saturated heterocycles. The maximum atomic E-state index is 9.43. The molecule has 12 heavy (non-hydrogen) atoms. The summed E-state index contributed by atoms with van der Waals surface area (Å²) in [6.45, 7) is 0.904. The topological polar surface area (TPSA) is 41.8 Å². The number of aliphatic imine (C=N–C) groups is 1. The zero-order valence-corrected chi connectivity index (χ0v) is 6.53. The summed E-state index contributed by atoms with van der Waals surface area (Å²) in [6.07, 6.45) is 0. The lowest BCUT2D eigenvalue weighted by atomic mass is 10.1. The number of phenols is 1. The van der Waals surface area contributed by atoms with Crippen LogP contribution in [0.25, 0.3) is 0 Å². The van der Waals surface area contributed by atoms with Crippen molar-refractivity contribution >= 4 is 5.71 Å². The van der Waals surface area contributed by atoms with Gasteiger partial charge in [-0.2, -0.15) is 0 Å². The first-order valence-corrected chi connectivity index (χ1v) is 3.77. The largest absolute Gasteiger partial charge is 0.507 e.